The SMILES string of the molecule is CC(C)(C)OC(=O)NC1(c2nc(C(=O)NCc3ccc(F)cc3)c(O)c(=O)[nH]2)CCC(CO)CC1. The van der Waals surface area contributed by atoms with Gasteiger partial charge in [0.2, 0.25) is 5.75 Å². The van der Waals surface area contributed by atoms with Crippen LogP contribution in [0, 0.1) is 11.7 Å². The lowest BCUT2D eigenvalue weighted by atomic mass is 9.76. The summed E-state index contributed by atoms with van der Waals surface area (Å²) in [6, 6.07) is 5.48. The Bertz CT molecular complexity index is 1120. The van der Waals surface area contributed by atoms with Crippen LogP contribution in [0.5, 0.6) is 5.75 Å². The molecule has 3 rings (SSSR count). The number of nitrogens with one attached hydrogen (secondary N) is 3. The van der Waals surface area contributed by atoms with Gasteiger partial charge in [0.25, 0.3) is 11.5 Å². The number of carbonyl (C=O) groups is 2. The Morgan fingerprint density at radius 1 is 1.23 bits per heavy atom. The van der Waals surface area contributed by atoms with Crippen molar-refractivity contribution in [2.45, 2.75) is 64.1 Å². The Morgan fingerprint density at radius 3 is 2.43 bits per heavy atom. The predicted octanol–water partition coefficient (Wildman–Crippen LogP) is 2.45. The van der Waals surface area contributed by atoms with Crippen LogP contribution in [-0.4, -0.2) is 44.4 Å². The van der Waals surface area contributed by atoms with Gasteiger partial charge in [-0.1, -0.05) is 12.1 Å². The predicted molar refractivity (Wildman–Crippen MR) is 124 cm³/mol. The van der Waals surface area contributed by atoms with Crippen LogP contribution < -0.4 is 16.2 Å². The van der Waals surface area contributed by atoms with E-state index in [1.165, 1.54) is 24.3 Å². The Balaban J connectivity index is 1.91. The summed E-state index contributed by atoms with van der Waals surface area (Å²) in [4.78, 5) is 44.7. The van der Waals surface area contributed by atoms with Crippen molar-refractivity contribution >= 4 is 12.0 Å². The minimum absolute atomic E-state index is 0.00878. The molecule has 10 nitrogen and oxygen atoms in total. The molecule has 1 aliphatic carbocycles. The summed E-state index contributed by atoms with van der Waals surface area (Å²) in [5.74, 6) is -2.06. The number of H-pyrrole nitrogens is 1. The molecule has 1 saturated carbocycles. The lowest BCUT2D eigenvalue weighted by molar-refractivity contribution is 0.0376. The van der Waals surface area contributed by atoms with E-state index in [1.807, 2.05) is 0 Å². The minimum Gasteiger partial charge on any atom is -0.501 e. The Hall–Kier alpha value is -3.47. The van der Waals surface area contributed by atoms with Gasteiger partial charge < -0.3 is 30.6 Å². The first kappa shape index (κ1) is 26.1. The quantitative estimate of drug-likeness (QED) is 0.417. The number of benzene rings is 1. The van der Waals surface area contributed by atoms with Gasteiger partial charge in [-0.25, -0.2) is 14.2 Å². The first-order chi connectivity index (χ1) is 16.4. The van der Waals surface area contributed by atoms with E-state index in [0.717, 1.165) is 0 Å². The molecule has 2 aromatic rings. The molecule has 2 amide bonds. The smallest absolute Gasteiger partial charge is 0.408 e. The van der Waals surface area contributed by atoms with Gasteiger partial charge in [0, 0.05) is 13.2 Å². The number of rotatable bonds is 6. The van der Waals surface area contributed by atoms with Gasteiger partial charge in [-0.2, -0.15) is 0 Å². The van der Waals surface area contributed by atoms with Gasteiger partial charge in [-0.3, -0.25) is 9.59 Å². The summed E-state index contributed by atoms with van der Waals surface area (Å²) < 4.78 is 18.5. The van der Waals surface area contributed by atoms with Crippen LogP contribution >= 0.6 is 0 Å². The standard InChI is InChI=1S/C24H31FN4O6/c1-23(2,3)35-22(34)29-24(10-8-15(13-30)9-11-24)21-27-17(18(31)20(33)28-21)19(32)26-12-14-4-6-16(25)7-5-14/h4-7,15,30-31H,8-13H2,1-3H3,(H,26,32)(H,29,34)(H,27,28,33). The summed E-state index contributed by atoms with van der Waals surface area (Å²) in [7, 11) is 0. The van der Waals surface area contributed by atoms with E-state index in [0.29, 0.717) is 31.2 Å². The molecule has 1 aliphatic rings. The Morgan fingerprint density at radius 2 is 1.86 bits per heavy atom. The van der Waals surface area contributed by atoms with Crippen molar-refractivity contribution in [3.63, 3.8) is 0 Å². The summed E-state index contributed by atoms with van der Waals surface area (Å²) >= 11 is 0. The van der Waals surface area contributed by atoms with E-state index in [-0.39, 0.29) is 24.9 Å². The third-order valence-corrected chi connectivity index (χ3v) is 5.89. The lowest BCUT2D eigenvalue weighted by Crippen LogP contribution is -2.51. The van der Waals surface area contributed by atoms with Crippen molar-refractivity contribution in [1.29, 1.82) is 0 Å². The number of carbonyl (C=O) groups excluding carboxylic acids is 2. The zero-order valence-corrected chi connectivity index (χ0v) is 20.0. The lowest BCUT2D eigenvalue weighted by Gasteiger charge is -2.39. The molecule has 35 heavy (non-hydrogen) atoms. The van der Waals surface area contributed by atoms with Crippen LogP contribution in [0.1, 0.15) is 68.3 Å². The van der Waals surface area contributed by atoms with E-state index in [2.05, 4.69) is 20.6 Å². The monoisotopic (exact) mass is 490 g/mol. The molecule has 1 fully saturated rings. The fraction of sp³-hybridized carbons (Fsp3) is 0.500. The highest BCUT2D eigenvalue weighted by atomic mass is 19.1. The van der Waals surface area contributed by atoms with E-state index in [9.17, 15) is 29.0 Å². The highest BCUT2D eigenvalue weighted by Crippen LogP contribution is 2.38. The van der Waals surface area contributed by atoms with Crippen LogP contribution in [-0.2, 0) is 16.8 Å². The maximum absolute atomic E-state index is 13.1. The van der Waals surface area contributed by atoms with Crippen molar-refractivity contribution in [3.8, 4) is 5.75 Å². The van der Waals surface area contributed by atoms with Crippen LogP contribution in [0.3, 0.4) is 0 Å². The third-order valence-electron chi connectivity index (χ3n) is 5.89. The first-order valence-electron chi connectivity index (χ1n) is 11.4. The Kier molecular flexibility index (Phi) is 7.79. The maximum atomic E-state index is 13.1. The van der Waals surface area contributed by atoms with E-state index < -0.39 is 46.0 Å². The van der Waals surface area contributed by atoms with Crippen LogP contribution in [0.25, 0.3) is 0 Å². The molecule has 5 N–H and O–H groups in total. The van der Waals surface area contributed by atoms with Crippen molar-refractivity contribution in [3.05, 3.63) is 57.5 Å². The molecule has 0 aliphatic heterocycles. The molecule has 0 radical (unpaired) electrons. The molecule has 1 aromatic carbocycles. The summed E-state index contributed by atoms with van der Waals surface area (Å²) in [6.45, 7) is 5.14. The molecular formula is C24H31FN4O6. The van der Waals surface area contributed by atoms with E-state index in [4.69, 9.17) is 4.74 Å². The molecule has 0 unspecified atom stereocenters. The number of ether oxygens (including phenoxy) is 1. The van der Waals surface area contributed by atoms with Gasteiger partial charge in [-0.05, 0) is 70.1 Å². The molecule has 11 heteroatoms. The number of nitrogens with zero attached hydrogens (tertiary/aromatic N) is 1. The maximum Gasteiger partial charge on any atom is 0.408 e. The molecule has 1 heterocycles. The fourth-order valence-corrected chi connectivity index (χ4v) is 3.99. The van der Waals surface area contributed by atoms with E-state index >= 15 is 0 Å². The number of halogens is 1. The normalized spacial score (nSPS) is 20.2. The second kappa shape index (κ2) is 10.4. The van der Waals surface area contributed by atoms with Gasteiger partial charge in [-0.15, -0.1) is 0 Å². The molecule has 0 bridgehead atoms. The molecule has 190 valence electrons. The fourth-order valence-electron chi connectivity index (χ4n) is 3.99. The van der Waals surface area contributed by atoms with Crippen molar-refractivity contribution in [2.75, 3.05) is 6.61 Å². The molecule has 0 atom stereocenters. The largest absolute Gasteiger partial charge is 0.501 e. The van der Waals surface area contributed by atoms with E-state index in [1.54, 1.807) is 20.8 Å². The van der Waals surface area contributed by atoms with Crippen molar-refractivity contribution < 1.29 is 28.9 Å². The van der Waals surface area contributed by atoms with Gasteiger partial charge in [0.15, 0.2) is 5.69 Å². The molecular weight excluding hydrogens is 459 g/mol. The third kappa shape index (κ3) is 6.56. The average Bonchev–Trinajstić information content (AvgIpc) is 2.79. The number of aromatic nitrogens is 2. The number of aliphatic hydroxyl groups is 1. The number of aromatic amines is 1. The number of hydrogen-bond acceptors (Lipinski definition) is 7. The zero-order chi connectivity index (χ0) is 25.8. The average molecular weight is 491 g/mol. The summed E-state index contributed by atoms with van der Waals surface area (Å²) in [5, 5.41) is 25.2. The summed E-state index contributed by atoms with van der Waals surface area (Å²) in [5.41, 5.74) is -2.77. The van der Waals surface area contributed by atoms with Gasteiger partial charge in [0.1, 0.15) is 22.8 Å². The van der Waals surface area contributed by atoms with Crippen molar-refractivity contribution in [1.82, 2.24) is 20.6 Å². The molecule has 0 spiro atoms. The van der Waals surface area contributed by atoms with Crippen LogP contribution in [0.15, 0.2) is 29.1 Å². The Labute approximate surface area is 201 Å². The van der Waals surface area contributed by atoms with Crippen molar-refractivity contribution in [2.24, 2.45) is 5.92 Å². The minimum atomic E-state index is -1.17. The summed E-state index contributed by atoms with van der Waals surface area (Å²) in [6.07, 6.45) is 0.980. The highest BCUT2D eigenvalue weighted by molar-refractivity contribution is 5.94. The number of aromatic hydroxyl groups is 1. The first-order valence-corrected chi connectivity index (χ1v) is 11.4. The van der Waals surface area contributed by atoms with Crippen LogP contribution in [0.4, 0.5) is 9.18 Å². The second-order valence-electron chi connectivity index (χ2n) is 9.76. The molecule has 1 aromatic heterocycles. The molecule has 0 saturated heterocycles. The highest BCUT2D eigenvalue weighted by Gasteiger charge is 2.42. The van der Waals surface area contributed by atoms with Gasteiger partial charge >= 0.3 is 6.09 Å². The topological polar surface area (TPSA) is 154 Å². The van der Waals surface area contributed by atoms with Gasteiger partial charge in [0.05, 0.1) is 0 Å². The number of aliphatic hydroxyl groups excluding tert-OH is 1. The second-order valence-corrected chi connectivity index (χ2v) is 9.76. The number of alkyl carbamates (subject to hydrolysis) is 1. The number of amides is 2. The number of hydrogen-bond donors (Lipinski definition) is 5. The zero-order valence-electron chi connectivity index (χ0n) is 20.0. The van der Waals surface area contributed by atoms with Crippen LogP contribution in [0.2, 0.25) is 0 Å².